The number of rotatable bonds is 5. The minimum atomic E-state index is -3.64. The smallest absolute Gasteiger partial charge is 0.269 e. The lowest BCUT2D eigenvalue weighted by molar-refractivity contribution is 0.318. The quantitative estimate of drug-likeness (QED) is 0.339. The van der Waals surface area contributed by atoms with Gasteiger partial charge < -0.3 is 0 Å². The molecule has 0 aromatic carbocycles. The molecule has 0 radical (unpaired) electrons. The molecule has 0 atom stereocenters. The Morgan fingerprint density at radius 2 is 2.18 bits per heavy atom. The largest absolute Gasteiger partial charge is 0.288 e. The highest BCUT2D eigenvalue weighted by Gasteiger charge is 2.08. The van der Waals surface area contributed by atoms with Crippen molar-refractivity contribution in [3.8, 4) is 0 Å². The molecule has 0 N–H and O–H groups in total. The second-order valence-electron chi connectivity index (χ2n) is 1.76. The Labute approximate surface area is 65.2 Å². The van der Waals surface area contributed by atoms with Crippen LogP contribution in [0.5, 0.6) is 0 Å². The van der Waals surface area contributed by atoms with Crippen molar-refractivity contribution >= 4 is 16.2 Å². The van der Waals surface area contributed by atoms with E-state index in [2.05, 4.69) is 9.18 Å². The third-order valence-electron chi connectivity index (χ3n) is 0.754. The van der Waals surface area contributed by atoms with Crippen LogP contribution in [0.4, 0.5) is 0 Å². The van der Waals surface area contributed by atoms with E-state index in [1.54, 1.807) is 6.92 Å². The molecule has 0 saturated heterocycles. The summed E-state index contributed by atoms with van der Waals surface area (Å²) in [7, 11) is -3.64. The normalized spacial score (nSPS) is 10.6. The van der Waals surface area contributed by atoms with Gasteiger partial charge in [-0.15, -0.1) is 0 Å². The molecule has 6 heteroatoms. The molecule has 0 spiro atoms. The number of hydrogen-bond donors (Lipinski definition) is 0. The van der Waals surface area contributed by atoms with Gasteiger partial charge in [-0.2, -0.15) is 13.4 Å². The van der Waals surface area contributed by atoms with Gasteiger partial charge in [0.15, 0.2) is 5.88 Å². The van der Waals surface area contributed by atoms with Crippen LogP contribution in [-0.4, -0.2) is 27.0 Å². The summed E-state index contributed by atoms with van der Waals surface area (Å²) in [5.41, 5.74) is 0. The minimum absolute atomic E-state index is 0.122. The fourth-order valence-electron chi connectivity index (χ4n) is 0.353. The van der Waals surface area contributed by atoms with Crippen LogP contribution in [0.1, 0.15) is 13.3 Å². The lowest BCUT2D eigenvalue weighted by Crippen LogP contribution is -2.09. The van der Waals surface area contributed by atoms with Crippen molar-refractivity contribution in [2.75, 3.05) is 12.5 Å². The van der Waals surface area contributed by atoms with E-state index in [9.17, 15) is 13.2 Å². The Bertz CT molecular complexity index is 239. The van der Waals surface area contributed by atoms with Crippen molar-refractivity contribution in [1.82, 2.24) is 0 Å². The van der Waals surface area contributed by atoms with E-state index in [-0.39, 0.29) is 6.61 Å². The van der Waals surface area contributed by atoms with Gasteiger partial charge in [-0.05, 0) is 6.42 Å². The molecule has 0 aromatic heterocycles. The van der Waals surface area contributed by atoms with Crippen LogP contribution in [-0.2, 0) is 19.1 Å². The van der Waals surface area contributed by atoms with Gasteiger partial charge in [-0.3, -0.25) is 4.18 Å². The van der Waals surface area contributed by atoms with Crippen LogP contribution in [0.3, 0.4) is 0 Å². The zero-order valence-electron chi connectivity index (χ0n) is 6.11. The first-order valence-corrected chi connectivity index (χ1v) is 4.61. The predicted octanol–water partition coefficient (Wildman–Crippen LogP) is 0.0361. The average molecular weight is 179 g/mol. The van der Waals surface area contributed by atoms with Crippen molar-refractivity contribution in [2.24, 2.45) is 4.99 Å². The van der Waals surface area contributed by atoms with Crippen LogP contribution >= 0.6 is 0 Å². The highest BCUT2D eigenvalue weighted by Crippen LogP contribution is 1.94. The summed E-state index contributed by atoms with van der Waals surface area (Å²) in [5, 5.41) is 0. The van der Waals surface area contributed by atoms with E-state index in [1.165, 1.54) is 0 Å². The lowest BCUT2D eigenvalue weighted by atomic mass is 10.5. The van der Waals surface area contributed by atoms with E-state index in [0.29, 0.717) is 6.42 Å². The van der Waals surface area contributed by atoms with Gasteiger partial charge >= 0.3 is 0 Å². The highest BCUT2D eigenvalue weighted by molar-refractivity contribution is 7.86. The van der Waals surface area contributed by atoms with Gasteiger partial charge in [0.1, 0.15) is 0 Å². The fourth-order valence-corrected chi connectivity index (χ4v) is 1.06. The maximum Gasteiger partial charge on any atom is 0.288 e. The van der Waals surface area contributed by atoms with Crippen LogP contribution in [0.15, 0.2) is 4.99 Å². The Morgan fingerprint density at radius 1 is 1.55 bits per heavy atom. The zero-order chi connectivity index (χ0) is 8.74. The first-order valence-electron chi connectivity index (χ1n) is 3.03. The van der Waals surface area contributed by atoms with Gasteiger partial charge in [0.25, 0.3) is 10.1 Å². The maximum absolute atomic E-state index is 10.7. The summed E-state index contributed by atoms with van der Waals surface area (Å²) in [4.78, 5) is 12.4. The number of isocyanates is 1. The molecule has 0 aliphatic carbocycles. The molecule has 11 heavy (non-hydrogen) atoms. The van der Waals surface area contributed by atoms with E-state index in [1.807, 2.05) is 0 Å². The summed E-state index contributed by atoms with van der Waals surface area (Å²) in [6.07, 6.45) is 1.72. The standard InChI is InChI=1S/C5H9NO4S/c1-2-3-10-11(8,9)5-6-4-7/h2-3,5H2,1H3. The molecule has 0 unspecified atom stereocenters. The van der Waals surface area contributed by atoms with Crippen LogP contribution < -0.4 is 0 Å². The molecule has 0 fully saturated rings. The molecule has 64 valence electrons. The monoisotopic (exact) mass is 179 g/mol. The summed E-state index contributed by atoms with van der Waals surface area (Å²) in [6.45, 7) is 1.90. The molecule has 0 bridgehead atoms. The van der Waals surface area contributed by atoms with E-state index >= 15 is 0 Å². The van der Waals surface area contributed by atoms with Crippen LogP contribution in [0, 0.1) is 0 Å². The Hall–Kier alpha value is -0.710. The second-order valence-corrected chi connectivity index (χ2v) is 3.37. The second kappa shape index (κ2) is 5.01. The molecule has 0 amide bonds. The van der Waals surface area contributed by atoms with E-state index in [0.717, 1.165) is 6.08 Å². The van der Waals surface area contributed by atoms with Crippen molar-refractivity contribution < 1.29 is 17.4 Å². The number of hydrogen-bond acceptors (Lipinski definition) is 5. The number of carbonyl (C=O) groups excluding carboxylic acids is 1. The Kier molecular flexibility index (Phi) is 4.69. The van der Waals surface area contributed by atoms with Gasteiger partial charge in [0.05, 0.1) is 6.61 Å². The Morgan fingerprint density at radius 3 is 2.64 bits per heavy atom. The SMILES string of the molecule is CCCOS(=O)(=O)CN=C=O. The molecule has 0 rings (SSSR count). The highest BCUT2D eigenvalue weighted by atomic mass is 32.2. The number of aliphatic imine (C=N–C) groups is 1. The first kappa shape index (κ1) is 10.3. The van der Waals surface area contributed by atoms with Gasteiger partial charge in [0, 0.05) is 0 Å². The van der Waals surface area contributed by atoms with E-state index < -0.39 is 16.0 Å². The first-order chi connectivity index (χ1) is 5.12. The van der Waals surface area contributed by atoms with Gasteiger partial charge in [0.2, 0.25) is 6.08 Å². The van der Waals surface area contributed by atoms with Gasteiger partial charge in [-0.1, -0.05) is 6.92 Å². The summed E-state index contributed by atoms with van der Waals surface area (Å²) < 4.78 is 25.7. The van der Waals surface area contributed by atoms with Crippen molar-refractivity contribution in [1.29, 1.82) is 0 Å². The van der Waals surface area contributed by atoms with Crippen LogP contribution in [0.2, 0.25) is 0 Å². The van der Waals surface area contributed by atoms with Gasteiger partial charge in [-0.25, -0.2) is 4.79 Å². The molecular formula is C5H9NO4S. The predicted molar refractivity (Wildman–Crippen MR) is 38.2 cm³/mol. The Balaban J connectivity index is 3.91. The fraction of sp³-hybridized carbons (Fsp3) is 0.800. The van der Waals surface area contributed by atoms with Crippen molar-refractivity contribution in [3.05, 3.63) is 0 Å². The molecule has 0 saturated carbocycles. The number of nitrogens with zero attached hydrogens (tertiary/aromatic N) is 1. The third kappa shape index (κ3) is 5.72. The van der Waals surface area contributed by atoms with Crippen molar-refractivity contribution in [2.45, 2.75) is 13.3 Å². The molecular weight excluding hydrogens is 170 g/mol. The molecule has 0 aliphatic rings. The summed E-state index contributed by atoms with van der Waals surface area (Å²) >= 11 is 0. The zero-order valence-corrected chi connectivity index (χ0v) is 6.93. The molecule has 0 heterocycles. The third-order valence-corrected chi connectivity index (χ3v) is 1.73. The lowest BCUT2D eigenvalue weighted by Gasteiger charge is -1.98. The topological polar surface area (TPSA) is 72.8 Å². The molecule has 0 aliphatic heterocycles. The summed E-state index contributed by atoms with van der Waals surface area (Å²) in [5.74, 6) is -0.642. The average Bonchev–Trinajstić information content (AvgIpc) is 1.97. The maximum atomic E-state index is 10.7. The van der Waals surface area contributed by atoms with E-state index in [4.69, 9.17) is 0 Å². The summed E-state index contributed by atoms with van der Waals surface area (Å²) in [6, 6.07) is 0. The minimum Gasteiger partial charge on any atom is -0.269 e. The molecule has 5 nitrogen and oxygen atoms in total. The molecule has 0 aromatic rings. The van der Waals surface area contributed by atoms with Crippen molar-refractivity contribution in [3.63, 3.8) is 0 Å². The van der Waals surface area contributed by atoms with Crippen LogP contribution in [0.25, 0.3) is 0 Å².